The Morgan fingerprint density at radius 2 is 2.50 bits per heavy atom. The van der Waals surface area contributed by atoms with E-state index in [4.69, 9.17) is 0 Å². The molecule has 2 atom stereocenters. The Morgan fingerprint density at radius 1 is 1.62 bits per heavy atom. The lowest BCUT2D eigenvalue weighted by atomic mass is 9.95. The van der Waals surface area contributed by atoms with Crippen LogP contribution in [0.4, 0.5) is 0 Å². The predicted molar refractivity (Wildman–Crippen MR) is 34.6 cm³/mol. The maximum atomic E-state index is 2.40. The number of rotatable bonds is 0. The molecule has 0 heteroatoms. The summed E-state index contributed by atoms with van der Waals surface area (Å²) < 4.78 is 0. The standard InChI is InChI=1S/C8H12/c1-8-5-3-2-4-7(8)6-8/h2,4,7H,3,5-6H2,1H3/t7-,8?/m0/s1. The van der Waals surface area contributed by atoms with Gasteiger partial charge in [0.25, 0.3) is 0 Å². The molecule has 0 aliphatic heterocycles. The van der Waals surface area contributed by atoms with Gasteiger partial charge in [0.2, 0.25) is 0 Å². The van der Waals surface area contributed by atoms with Crippen LogP contribution in [0.25, 0.3) is 0 Å². The highest BCUT2D eigenvalue weighted by atomic mass is 14.5. The fraction of sp³-hybridized carbons (Fsp3) is 0.750. The number of hydrogen-bond donors (Lipinski definition) is 0. The van der Waals surface area contributed by atoms with Crippen LogP contribution in [-0.4, -0.2) is 0 Å². The molecule has 44 valence electrons. The van der Waals surface area contributed by atoms with Gasteiger partial charge in [-0.2, -0.15) is 0 Å². The molecule has 0 nitrogen and oxygen atoms in total. The zero-order chi connectivity index (χ0) is 5.61. The van der Waals surface area contributed by atoms with Crippen LogP contribution in [0, 0.1) is 11.3 Å². The Morgan fingerprint density at radius 3 is 3.00 bits per heavy atom. The van der Waals surface area contributed by atoms with Crippen molar-refractivity contribution < 1.29 is 0 Å². The second kappa shape index (κ2) is 1.18. The highest BCUT2D eigenvalue weighted by molar-refractivity contribution is 5.13. The van der Waals surface area contributed by atoms with Gasteiger partial charge in [-0.15, -0.1) is 0 Å². The maximum absolute atomic E-state index is 2.40. The molecule has 0 amide bonds. The number of hydrogen-bond acceptors (Lipinski definition) is 0. The minimum atomic E-state index is 0.759. The lowest BCUT2D eigenvalue weighted by Gasteiger charge is -2.10. The lowest BCUT2D eigenvalue weighted by molar-refractivity contribution is 0.481. The third-order valence-corrected chi connectivity index (χ3v) is 2.67. The summed E-state index contributed by atoms with van der Waals surface area (Å²) in [6.45, 7) is 2.40. The lowest BCUT2D eigenvalue weighted by Crippen LogP contribution is -1.98. The van der Waals surface area contributed by atoms with E-state index in [1.165, 1.54) is 19.3 Å². The van der Waals surface area contributed by atoms with E-state index < -0.39 is 0 Å². The van der Waals surface area contributed by atoms with Crippen molar-refractivity contribution in [3.63, 3.8) is 0 Å². The van der Waals surface area contributed by atoms with Crippen LogP contribution >= 0.6 is 0 Å². The van der Waals surface area contributed by atoms with E-state index in [9.17, 15) is 0 Å². The smallest absolute Gasteiger partial charge is 0.0174 e. The summed E-state index contributed by atoms with van der Waals surface area (Å²) in [4.78, 5) is 0. The molecule has 0 aromatic heterocycles. The minimum Gasteiger partial charge on any atom is -0.0882 e. The Balaban J connectivity index is 2.20. The zero-order valence-corrected chi connectivity index (χ0v) is 5.35. The Bertz CT molecular complexity index is 135. The highest BCUT2D eigenvalue weighted by Gasteiger charge is 2.48. The molecule has 2 rings (SSSR count). The number of fused-ring (bicyclic) bond motifs is 1. The molecule has 1 saturated carbocycles. The Labute approximate surface area is 50.6 Å². The van der Waals surface area contributed by atoms with Crippen LogP contribution < -0.4 is 0 Å². The van der Waals surface area contributed by atoms with Gasteiger partial charge in [-0.25, -0.2) is 0 Å². The average Bonchev–Trinajstić information content (AvgIpc) is 2.39. The largest absolute Gasteiger partial charge is 0.0882 e. The molecule has 2 aliphatic carbocycles. The first kappa shape index (κ1) is 4.60. The monoisotopic (exact) mass is 108 g/mol. The molecule has 0 aromatic rings. The first-order valence-corrected chi connectivity index (χ1v) is 3.48. The summed E-state index contributed by atoms with van der Waals surface area (Å²) in [5.41, 5.74) is 0.759. The molecule has 0 heterocycles. The van der Waals surface area contributed by atoms with E-state index in [-0.39, 0.29) is 0 Å². The van der Waals surface area contributed by atoms with Gasteiger partial charge in [0, 0.05) is 0 Å². The molecule has 1 unspecified atom stereocenters. The van der Waals surface area contributed by atoms with E-state index >= 15 is 0 Å². The molecule has 8 heavy (non-hydrogen) atoms. The first-order chi connectivity index (χ1) is 3.81. The van der Waals surface area contributed by atoms with Gasteiger partial charge in [-0.3, -0.25) is 0 Å². The molecule has 0 bridgehead atoms. The second-order valence-corrected chi connectivity index (χ2v) is 3.43. The maximum Gasteiger partial charge on any atom is -0.0174 e. The normalized spacial score (nSPS) is 50.9. The van der Waals surface area contributed by atoms with Crippen molar-refractivity contribution in [3.8, 4) is 0 Å². The van der Waals surface area contributed by atoms with Gasteiger partial charge in [-0.05, 0) is 30.6 Å². The summed E-state index contributed by atoms with van der Waals surface area (Å²) >= 11 is 0. The minimum absolute atomic E-state index is 0.759. The van der Waals surface area contributed by atoms with Gasteiger partial charge in [0.05, 0.1) is 0 Å². The third-order valence-electron chi connectivity index (χ3n) is 2.67. The van der Waals surface area contributed by atoms with Crippen molar-refractivity contribution in [2.24, 2.45) is 11.3 Å². The van der Waals surface area contributed by atoms with Gasteiger partial charge >= 0.3 is 0 Å². The summed E-state index contributed by atoms with van der Waals surface area (Å²) in [6.07, 6.45) is 8.95. The van der Waals surface area contributed by atoms with Crippen molar-refractivity contribution in [1.29, 1.82) is 0 Å². The van der Waals surface area contributed by atoms with E-state index in [1.54, 1.807) is 0 Å². The van der Waals surface area contributed by atoms with Crippen LogP contribution in [0.5, 0.6) is 0 Å². The second-order valence-electron chi connectivity index (χ2n) is 3.43. The van der Waals surface area contributed by atoms with Crippen molar-refractivity contribution >= 4 is 0 Å². The first-order valence-electron chi connectivity index (χ1n) is 3.48. The summed E-state index contributed by atoms with van der Waals surface area (Å²) in [5.74, 6) is 0.969. The molecule has 0 aromatic carbocycles. The van der Waals surface area contributed by atoms with E-state index in [0.29, 0.717) is 0 Å². The molecular weight excluding hydrogens is 96.1 g/mol. The van der Waals surface area contributed by atoms with Crippen molar-refractivity contribution in [2.75, 3.05) is 0 Å². The van der Waals surface area contributed by atoms with Crippen LogP contribution in [0.3, 0.4) is 0 Å². The van der Waals surface area contributed by atoms with E-state index in [1.807, 2.05) is 0 Å². The van der Waals surface area contributed by atoms with Gasteiger partial charge in [-0.1, -0.05) is 19.1 Å². The summed E-state index contributed by atoms with van der Waals surface area (Å²) in [6, 6.07) is 0. The van der Waals surface area contributed by atoms with Crippen LogP contribution in [0.1, 0.15) is 26.2 Å². The highest BCUT2D eigenvalue weighted by Crippen LogP contribution is 2.58. The molecule has 2 aliphatic rings. The van der Waals surface area contributed by atoms with E-state index in [0.717, 1.165) is 11.3 Å². The predicted octanol–water partition coefficient (Wildman–Crippen LogP) is 2.36. The van der Waals surface area contributed by atoms with Gasteiger partial charge < -0.3 is 0 Å². The van der Waals surface area contributed by atoms with Crippen molar-refractivity contribution in [1.82, 2.24) is 0 Å². The van der Waals surface area contributed by atoms with E-state index in [2.05, 4.69) is 19.1 Å². The SMILES string of the molecule is CC12CCC=C[C@H]1C2. The third kappa shape index (κ3) is 0.460. The molecule has 0 spiro atoms. The van der Waals surface area contributed by atoms with Gasteiger partial charge in [0.15, 0.2) is 0 Å². The van der Waals surface area contributed by atoms with Crippen molar-refractivity contribution in [2.45, 2.75) is 26.2 Å². The Hall–Kier alpha value is -0.260. The van der Waals surface area contributed by atoms with Crippen LogP contribution in [0.2, 0.25) is 0 Å². The van der Waals surface area contributed by atoms with Gasteiger partial charge in [0.1, 0.15) is 0 Å². The van der Waals surface area contributed by atoms with Crippen LogP contribution in [0.15, 0.2) is 12.2 Å². The quantitative estimate of drug-likeness (QED) is 0.418. The fourth-order valence-corrected chi connectivity index (χ4v) is 1.70. The average molecular weight is 108 g/mol. The number of allylic oxidation sites excluding steroid dienone is 2. The topological polar surface area (TPSA) is 0 Å². The van der Waals surface area contributed by atoms with Crippen molar-refractivity contribution in [3.05, 3.63) is 12.2 Å². The Kier molecular flexibility index (Phi) is 0.677. The van der Waals surface area contributed by atoms with Crippen LogP contribution in [-0.2, 0) is 0 Å². The molecule has 0 N–H and O–H groups in total. The fourth-order valence-electron chi connectivity index (χ4n) is 1.70. The summed E-state index contributed by atoms with van der Waals surface area (Å²) in [5, 5.41) is 0. The molecule has 0 saturated heterocycles. The zero-order valence-electron chi connectivity index (χ0n) is 5.35. The summed E-state index contributed by atoms with van der Waals surface area (Å²) in [7, 11) is 0. The molecule has 0 radical (unpaired) electrons. The molecular formula is C8H12. The molecule has 1 fully saturated rings.